The van der Waals surface area contributed by atoms with Crippen molar-refractivity contribution in [3.8, 4) is 0 Å². The van der Waals surface area contributed by atoms with Crippen LogP contribution in [0.15, 0.2) is 0 Å². The normalized spacial score (nSPS) is 23.6. The van der Waals surface area contributed by atoms with Crippen LogP contribution in [0.2, 0.25) is 0 Å². The maximum absolute atomic E-state index is 11.8. The minimum absolute atomic E-state index is 0.0484. The number of carbonyl (C=O) groups is 2. The number of aliphatic carboxylic acids is 1. The van der Waals surface area contributed by atoms with Crippen LogP contribution in [0, 0.1) is 5.92 Å². The van der Waals surface area contributed by atoms with Gasteiger partial charge in [0.25, 0.3) is 0 Å². The number of unbranched alkanes of at least 4 members (excludes halogenated alkanes) is 2. The summed E-state index contributed by atoms with van der Waals surface area (Å²) in [4.78, 5) is 22.1. The van der Waals surface area contributed by atoms with E-state index in [1.807, 2.05) is 0 Å². The highest BCUT2D eigenvalue weighted by atomic mass is 16.4. The van der Waals surface area contributed by atoms with Gasteiger partial charge in [0.1, 0.15) is 0 Å². The summed E-state index contributed by atoms with van der Waals surface area (Å²) >= 11 is 0. The SMILES string of the molecule is CC1CCNC(C(=O)NCCCCCC(=O)O)C1. The number of rotatable bonds is 7. The molecule has 0 radical (unpaired) electrons. The standard InChI is InChI=1S/C13H24N2O3/c1-10-6-8-14-11(9-10)13(18)15-7-4-2-3-5-12(16)17/h10-11,14H,2-9H2,1H3,(H,15,18)(H,16,17). The first-order valence-corrected chi connectivity index (χ1v) is 6.82. The average Bonchev–Trinajstić information content (AvgIpc) is 2.33. The maximum atomic E-state index is 11.8. The largest absolute Gasteiger partial charge is 0.481 e. The Hall–Kier alpha value is -1.10. The predicted octanol–water partition coefficient (Wildman–Crippen LogP) is 1.14. The van der Waals surface area contributed by atoms with E-state index >= 15 is 0 Å². The van der Waals surface area contributed by atoms with E-state index in [2.05, 4.69) is 17.6 Å². The number of hydrogen-bond acceptors (Lipinski definition) is 3. The molecule has 18 heavy (non-hydrogen) atoms. The molecule has 1 heterocycles. The van der Waals surface area contributed by atoms with Crippen LogP contribution in [0.4, 0.5) is 0 Å². The van der Waals surface area contributed by atoms with E-state index in [0.29, 0.717) is 18.9 Å². The Bertz CT molecular complexity index is 281. The number of nitrogens with one attached hydrogen (secondary N) is 2. The smallest absolute Gasteiger partial charge is 0.303 e. The second-order valence-electron chi connectivity index (χ2n) is 5.13. The topological polar surface area (TPSA) is 78.4 Å². The summed E-state index contributed by atoms with van der Waals surface area (Å²) in [6, 6.07) is -0.0484. The molecular formula is C13H24N2O3. The highest BCUT2D eigenvalue weighted by Gasteiger charge is 2.23. The Morgan fingerprint density at radius 2 is 2.11 bits per heavy atom. The van der Waals surface area contributed by atoms with Gasteiger partial charge in [-0.05, 0) is 38.1 Å². The van der Waals surface area contributed by atoms with Crippen LogP contribution in [0.25, 0.3) is 0 Å². The first-order chi connectivity index (χ1) is 8.59. The molecule has 1 amide bonds. The molecule has 0 aromatic carbocycles. The number of carboxylic acids is 1. The highest BCUT2D eigenvalue weighted by molar-refractivity contribution is 5.81. The lowest BCUT2D eigenvalue weighted by atomic mass is 9.94. The van der Waals surface area contributed by atoms with Crippen molar-refractivity contribution in [1.82, 2.24) is 10.6 Å². The van der Waals surface area contributed by atoms with Gasteiger partial charge in [-0.1, -0.05) is 13.3 Å². The first-order valence-electron chi connectivity index (χ1n) is 6.82. The molecule has 0 bridgehead atoms. The van der Waals surface area contributed by atoms with Crippen LogP contribution in [0.5, 0.6) is 0 Å². The van der Waals surface area contributed by atoms with Crippen molar-refractivity contribution in [3.05, 3.63) is 0 Å². The number of carboxylic acid groups (broad SMARTS) is 1. The fourth-order valence-electron chi connectivity index (χ4n) is 2.22. The van der Waals surface area contributed by atoms with E-state index in [0.717, 1.165) is 32.2 Å². The van der Waals surface area contributed by atoms with Gasteiger partial charge < -0.3 is 15.7 Å². The lowest BCUT2D eigenvalue weighted by Crippen LogP contribution is -2.48. The van der Waals surface area contributed by atoms with Gasteiger partial charge in [0.05, 0.1) is 6.04 Å². The summed E-state index contributed by atoms with van der Waals surface area (Å²) in [5.41, 5.74) is 0. The summed E-state index contributed by atoms with van der Waals surface area (Å²) in [6.07, 6.45) is 4.64. The predicted molar refractivity (Wildman–Crippen MR) is 69.3 cm³/mol. The molecular weight excluding hydrogens is 232 g/mol. The second-order valence-corrected chi connectivity index (χ2v) is 5.13. The minimum atomic E-state index is -0.751. The van der Waals surface area contributed by atoms with E-state index in [1.54, 1.807) is 0 Å². The molecule has 2 atom stereocenters. The van der Waals surface area contributed by atoms with Gasteiger partial charge in [0, 0.05) is 13.0 Å². The van der Waals surface area contributed by atoms with Gasteiger partial charge in [0.2, 0.25) is 5.91 Å². The Morgan fingerprint density at radius 1 is 1.33 bits per heavy atom. The molecule has 0 aromatic heterocycles. The van der Waals surface area contributed by atoms with Crippen molar-refractivity contribution in [3.63, 3.8) is 0 Å². The van der Waals surface area contributed by atoms with Gasteiger partial charge >= 0.3 is 5.97 Å². The lowest BCUT2D eigenvalue weighted by molar-refractivity contribution is -0.137. The summed E-state index contributed by atoms with van der Waals surface area (Å²) < 4.78 is 0. The molecule has 0 spiro atoms. The molecule has 1 aliphatic heterocycles. The Labute approximate surface area is 108 Å². The molecule has 3 N–H and O–H groups in total. The van der Waals surface area contributed by atoms with Crippen LogP contribution in [-0.2, 0) is 9.59 Å². The zero-order chi connectivity index (χ0) is 13.4. The van der Waals surface area contributed by atoms with Gasteiger partial charge in [-0.15, -0.1) is 0 Å². The van der Waals surface area contributed by atoms with E-state index < -0.39 is 5.97 Å². The molecule has 0 aliphatic carbocycles. The van der Waals surface area contributed by atoms with Crippen molar-refractivity contribution in [2.24, 2.45) is 5.92 Å². The Morgan fingerprint density at radius 3 is 2.78 bits per heavy atom. The van der Waals surface area contributed by atoms with Crippen LogP contribution in [0.3, 0.4) is 0 Å². The highest BCUT2D eigenvalue weighted by Crippen LogP contribution is 2.14. The zero-order valence-electron chi connectivity index (χ0n) is 11.1. The molecule has 104 valence electrons. The summed E-state index contributed by atoms with van der Waals surface area (Å²) in [7, 11) is 0. The lowest BCUT2D eigenvalue weighted by Gasteiger charge is -2.27. The molecule has 1 rings (SSSR count). The molecule has 1 saturated heterocycles. The number of carbonyl (C=O) groups excluding carboxylic acids is 1. The second kappa shape index (κ2) is 8.08. The zero-order valence-corrected chi connectivity index (χ0v) is 11.1. The molecule has 5 nitrogen and oxygen atoms in total. The van der Waals surface area contributed by atoms with E-state index in [4.69, 9.17) is 5.11 Å². The molecule has 2 unspecified atom stereocenters. The Kier molecular flexibility index (Phi) is 6.72. The summed E-state index contributed by atoms with van der Waals surface area (Å²) in [5, 5.41) is 14.6. The van der Waals surface area contributed by atoms with Gasteiger partial charge in [-0.3, -0.25) is 9.59 Å². The van der Waals surface area contributed by atoms with E-state index in [-0.39, 0.29) is 18.4 Å². The van der Waals surface area contributed by atoms with Gasteiger partial charge in [0.15, 0.2) is 0 Å². The fourth-order valence-corrected chi connectivity index (χ4v) is 2.22. The summed E-state index contributed by atoms with van der Waals surface area (Å²) in [5.74, 6) is -0.0585. The van der Waals surface area contributed by atoms with Crippen molar-refractivity contribution in [1.29, 1.82) is 0 Å². The van der Waals surface area contributed by atoms with Crippen LogP contribution >= 0.6 is 0 Å². The van der Waals surface area contributed by atoms with Gasteiger partial charge in [-0.25, -0.2) is 0 Å². The molecule has 0 saturated carbocycles. The third kappa shape index (κ3) is 6.00. The minimum Gasteiger partial charge on any atom is -0.481 e. The number of piperidine rings is 1. The van der Waals surface area contributed by atoms with Crippen molar-refractivity contribution >= 4 is 11.9 Å². The Balaban J connectivity index is 2.04. The van der Waals surface area contributed by atoms with E-state index in [1.165, 1.54) is 0 Å². The summed E-state index contributed by atoms with van der Waals surface area (Å²) in [6.45, 7) is 3.73. The van der Waals surface area contributed by atoms with Crippen LogP contribution in [-0.4, -0.2) is 36.1 Å². The number of amides is 1. The van der Waals surface area contributed by atoms with Gasteiger partial charge in [-0.2, -0.15) is 0 Å². The molecule has 0 aromatic rings. The monoisotopic (exact) mass is 256 g/mol. The van der Waals surface area contributed by atoms with Crippen LogP contribution < -0.4 is 10.6 Å². The van der Waals surface area contributed by atoms with E-state index in [9.17, 15) is 9.59 Å². The third-order valence-corrected chi connectivity index (χ3v) is 3.35. The quantitative estimate of drug-likeness (QED) is 0.597. The third-order valence-electron chi connectivity index (χ3n) is 3.35. The molecule has 1 aliphatic rings. The molecule has 5 heteroatoms. The first kappa shape index (κ1) is 15.0. The fraction of sp³-hybridized carbons (Fsp3) is 0.846. The van der Waals surface area contributed by atoms with Crippen molar-refractivity contribution in [2.75, 3.05) is 13.1 Å². The molecule has 1 fully saturated rings. The number of hydrogen-bond donors (Lipinski definition) is 3. The average molecular weight is 256 g/mol. The maximum Gasteiger partial charge on any atom is 0.303 e. The van der Waals surface area contributed by atoms with Crippen molar-refractivity contribution < 1.29 is 14.7 Å². The van der Waals surface area contributed by atoms with Crippen molar-refractivity contribution in [2.45, 2.75) is 51.5 Å². The van der Waals surface area contributed by atoms with Crippen LogP contribution in [0.1, 0.15) is 45.4 Å².